The molecule has 2 N–H and O–H groups in total. The van der Waals surface area contributed by atoms with Crippen LogP contribution in [-0.4, -0.2) is 73.5 Å². The van der Waals surface area contributed by atoms with Crippen LogP contribution in [0.2, 0.25) is 0 Å². The molecular weight excluding hydrogens is 290 g/mol. The van der Waals surface area contributed by atoms with E-state index in [4.69, 9.17) is 0 Å². The number of piperidine rings is 1. The molecule has 0 aromatic heterocycles. The van der Waals surface area contributed by atoms with Crippen molar-refractivity contribution < 1.29 is 4.79 Å². The molecule has 134 valence electrons. The van der Waals surface area contributed by atoms with Gasteiger partial charge in [0.25, 0.3) is 0 Å². The number of amides is 1. The summed E-state index contributed by atoms with van der Waals surface area (Å²) in [7, 11) is 3.52. The van der Waals surface area contributed by atoms with Crippen molar-refractivity contribution in [2.24, 2.45) is 4.99 Å². The summed E-state index contributed by atoms with van der Waals surface area (Å²) in [6.45, 7) is 11.2. The number of carbonyl (C=O) groups excluding carboxylic acids is 1. The molecule has 0 aromatic carbocycles. The monoisotopic (exact) mass is 325 g/mol. The van der Waals surface area contributed by atoms with Crippen LogP contribution in [-0.2, 0) is 4.79 Å². The Morgan fingerprint density at radius 3 is 2.35 bits per heavy atom. The minimum atomic E-state index is 0.0184. The zero-order valence-corrected chi connectivity index (χ0v) is 15.7. The van der Waals surface area contributed by atoms with Gasteiger partial charge in [-0.15, -0.1) is 0 Å². The van der Waals surface area contributed by atoms with Crippen molar-refractivity contribution in [3.8, 4) is 0 Å². The predicted octanol–water partition coefficient (Wildman–Crippen LogP) is 1.28. The minimum absolute atomic E-state index is 0.0184. The molecule has 0 bridgehead atoms. The number of aliphatic imine (C=N–C) groups is 1. The maximum absolute atomic E-state index is 11.8. The Morgan fingerprint density at radius 1 is 1.26 bits per heavy atom. The van der Waals surface area contributed by atoms with Gasteiger partial charge in [0.05, 0.1) is 0 Å². The first kappa shape index (κ1) is 19.7. The average Bonchev–Trinajstić information content (AvgIpc) is 2.52. The van der Waals surface area contributed by atoms with Gasteiger partial charge >= 0.3 is 0 Å². The van der Waals surface area contributed by atoms with Gasteiger partial charge in [0.15, 0.2) is 5.96 Å². The van der Waals surface area contributed by atoms with Gasteiger partial charge in [-0.3, -0.25) is 4.79 Å². The molecule has 6 nitrogen and oxygen atoms in total. The molecule has 0 saturated carbocycles. The molecule has 1 amide bonds. The van der Waals surface area contributed by atoms with Crippen molar-refractivity contribution >= 4 is 11.9 Å². The highest BCUT2D eigenvalue weighted by Crippen LogP contribution is 2.12. The first-order valence-corrected chi connectivity index (χ1v) is 8.85. The first-order valence-electron chi connectivity index (χ1n) is 8.85. The summed E-state index contributed by atoms with van der Waals surface area (Å²) < 4.78 is 0. The molecule has 1 heterocycles. The fourth-order valence-corrected chi connectivity index (χ4v) is 2.51. The van der Waals surface area contributed by atoms with Crippen molar-refractivity contribution in [1.29, 1.82) is 0 Å². The van der Waals surface area contributed by atoms with Crippen LogP contribution in [0.1, 0.15) is 47.0 Å². The zero-order valence-electron chi connectivity index (χ0n) is 15.7. The summed E-state index contributed by atoms with van der Waals surface area (Å²) in [6.07, 6.45) is 3.25. The third-order valence-corrected chi connectivity index (χ3v) is 4.47. The van der Waals surface area contributed by atoms with Gasteiger partial charge in [-0.05, 0) is 40.0 Å². The summed E-state index contributed by atoms with van der Waals surface area (Å²) >= 11 is 0. The predicted molar refractivity (Wildman–Crippen MR) is 96.8 cm³/mol. The molecule has 1 fully saturated rings. The Balaban J connectivity index is 2.59. The van der Waals surface area contributed by atoms with E-state index < -0.39 is 0 Å². The molecule has 23 heavy (non-hydrogen) atoms. The highest BCUT2D eigenvalue weighted by atomic mass is 16.2. The average molecular weight is 326 g/mol. The summed E-state index contributed by atoms with van der Waals surface area (Å²) in [6, 6.07) is 1.38. The lowest BCUT2D eigenvalue weighted by atomic mass is 10.0. The van der Waals surface area contributed by atoms with Crippen molar-refractivity contribution in [1.82, 2.24) is 20.4 Å². The normalized spacial score (nSPS) is 18.8. The Bertz CT molecular complexity index is 386. The van der Waals surface area contributed by atoms with Gasteiger partial charge in [-0.2, -0.15) is 0 Å². The van der Waals surface area contributed by atoms with Crippen LogP contribution in [0.15, 0.2) is 4.99 Å². The number of nitrogens with zero attached hydrogens (tertiary/aromatic N) is 3. The molecule has 0 radical (unpaired) electrons. The standard InChI is InChI=1S/C17H35N5O/c1-7-14(4)19-17(18-12-16(23)21(5)6)20-15-8-10-22(11-9-15)13(2)3/h13-15H,7-12H2,1-6H3,(H2,18,19,20). The number of hydrogen-bond acceptors (Lipinski definition) is 3. The lowest BCUT2D eigenvalue weighted by molar-refractivity contribution is -0.127. The van der Waals surface area contributed by atoms with Crippen LogP contribution in [0.25, 0.3) is 0 Å². The molecule has 6 heteroatoms. The molecule has 1 aliphatic heterocycles. The van der Waals surface area contributed by atoms with E-state index in [1.807, 2.05) is 0 Å². The number of carbonyl (C=O) groups is 1. The molecule has 0 spiro atoms. The van der Waals surface area contributed by atoms with E-state index in [0.717, 1.165) is 38.3 Å². The second-order valence-corrected chi connectivity index (χ2v) is 6.95. The number of hydrogen-bond donors (Lipinski definition) is 2. The molecule has 1 atom stereocenters. The van der Waals surface area contributed by atoms with Crippen molar-refractivity contribution in [3.63, 3.8) is 0 Å². The largest absolute Gasteiger partial charge is 0.354 e. The maximum atomic E-state index is 11.8. The van der Waals surface area contributed by atoms with E-state index in [0.29, 0.717) is 18.1 Å². The number of likely N-dealkylation sites (tertiary alicyclic amines) is 1. The number of guanidine groups is 1. The van der Waals surface area contributed by atoms with Gasteiger partial charge in [0.1, 0.15) is 6.54 Å². The first-order chi connectivity index (χ1) is 10.8. The Kier molecular flexibility index (Phi) is 8.37. The van der Waals surface area contributed by atoms with Gasteiger partial charge in [-0.1, -0.05) is 6.92 Å². The molecule has 1 aliphatic rings. The van der Waals surface area contributed by atoms with Crippen LogP contribution in [0, 0.1) is 0 Å². The summed E-state index contributed by atoms with van der Waals surface area (Å²) in [5.74, 6) is 0.780. The van der Waals surface area contributed by atoms with E-state index in [9.17, 15) is 4.79 Å². The van der Waals surface area contributed by atoms with Crippen LogP contribution < -0.4 is 10.6 Å². The maximum Gasteiger partial charge on any atom is 0.243 e. The molecule has 1 unspecified atom stereocenters. The topological polar surface area (TPSA) is 60.0 Å². The quantitative estimate of drug-likeness (QED) is 0.570. The number of nitrogens with one attached hydrogen (secondary N) is 2. The Labute approximate surface area is 141 Å². The van der Waals surface area contributed by atoms with Crippen LogP contribution in [0.3, 0.4) is 0 Å². The fourth-order valence-electron chi connectivity index (χ4n) is 2.51. The van der Waals surface area contributed by atoms with Crippen LogP contribution >= 0.6 is 0 Å². The molecule has 1 saturated heterocycles. The van der Waals surface area contributed by atoms with Gasteiger partial charge in [-0.25, -0.2) is 4.99 Å². The second kappa shape index (κ2) is 9.75. The molecule has 0 aromatic rings. The van der Waals surface area contributed by atoms with Crippen LogP contribution in [0.5, 0.6) is 0 Å². The summed E-state index contributed by atoms with van der Waals surface area (Å²) in [5.41, 5.74) is 0. The zero-order chi connectivity index (χ0) is 17.4. The van der Waals surface area contributed by atoms with Crippen LogP contribution in [0.4, 0.5) is 0 Å². The molecule has 0 aliphatic carbocycles. The highest BCUT2D eigenvalue weighted by Gasteiger charge is 2.21. The number of likely N-dealkylation sites (N-methyl/N-ethyl adjacent to an activating group) is 1. The molecular formula is C17H35N5O. The fraction of sp³-hybridized carbons (Fsp3) is 0.882. The minimum Gasteiger partial charge on any atom is -0.354 e. The third kappa shape index (κ3) is 7.20. The SMILES string of the molecule is CCC(C)NC(=NCC(=O)N(C)C)NC1CCN(C(C)C)CC1. The van der Waals surface area contributed by atoms with Crippen molar-refractivity contribution in [2.75, 3.05) is 33.7 Å². The van der Waals surface area contributed by atoms with E-state index in [-0.39, 0.29) is 12.5 Å². The van der Waals surface area contributed by atoms with Crippen molar-refractivity contribution in [3.05, 3.63) is 0 Å². The van der Waals surface area contributed by atoms with E-state index >= 15 is 0 Å². The Morgan fingerprint density at radius 2 is 1.87 bits per heavy atom. The highest BCUT2D eigenvalue weighted by molar-refractivity contribution is 5.85. The summed E-state index contributed by atoms with van der Waals surface area (Å²) in [4.78, 5) is 20.3. The summed E-state index contributed by atoms with van der Waals surface area (Å²) in [5, 5.41) is 6.91. The second-order valence-electron chi connectivity index (χ2n) is 6.95. The third-order valence-electron chi connectivity index (χ3n) is 4.47. The lowest BCUT2D eigenvalue weighted by Gasteiger charge is -2.35. The smallest absolute Gasteiger partial charge is 0.243 e. The van der Waals surface area contributed by atoms with E-state index in [2.05, 4.69) is 48.2 Å². The van der Waals surface area contributed by atoms with Gasteiger partial charge < -0.3 is 20.4 Å². The van der Waals surface area contributed by atoms with E-state index in [1.165, 1.54) is 0 Å². The number of rotatable bonds is 6. The molecule has 1 rings (SSSR count). The lowest BCUT2D eigenvalue weighted by Crippen LogP contribution is -2.51. The van der Waals surface area contributed by atoms with Gasteiger partial charge in [0, 0.05) is 45.3 Å². The van der Waals surface area contributed by atoms with Crippen molar-refractivity contribution in [2.45, 2.75) is 65.1 Å². The Hall–Kier alpha value is -1.30. The van der Waals surface area contributed by atoms with E-state index in [1.54, 1.807) is 19.0 Å². The van der Waals surface area contributed by atoms with Gasteiger partial charge in [0.2, 0.25) is 5.91 Å².